The summed E-state index contributed by atoms with van der Waals surface area (Å²) in [6, 6.07) is 50.8. The fourth-order valence-corrected chi connectivity index (χ4v) is 10.6. The van der Waals surface area contributed by atoms with Gasteiger partial charge in [0.2, 0.25) is 0 Å². The van der Waals surface area contributed by atoms with Crippen molar-refractivity contribution in [3.63, 3.8) is 0 Å². The fraction of sp³-hybridized carbons (Fsp3) is 0.102. The molecule has 4 nitrogen and oxygen atoms in total. The van der Waals surface area contributed by atoms with Crippen LogP contribution in [0.3, 0.4) is 0 Å². The second-order valence-corrected chi connectivity index (χ2v) is 17.6. The molecule has 1 N–H and O–H groups in total. The number of phenols is 1. The lowest BCUT2D eigenvalue weighted by Crippen LogP contribution is -2.12. The van der Waals surface area contributed by atoms with Crippen molar-refractivity contribution in [2.24, 2.45) is 0 Å². The molecule has 0 bridgehead atoms. The first-order chi connectivity index (χ1) is 26.7. The van der Waals surface area contributed by atoms with E-state index in [0.29, 0.717) is 11.4 Å². The van der Waals surface area contributed by atoms with Crippen LogP contribution in [0, 0.1) is 6.92 Å². The number of aromatic hydroxyl groups is 1. The van der Waals surface area contributed by atoms with Gasteiger partial charge in [-0.1, -0.05) is 129 Å². The monoisotopic (exact) mass is 747 g/mol. The SMILES string of the molecule is Cc1ccc(-n2c(-c3cc(C(C)(C)C)c4c(sc5sc6ccccc6c54)c3O)nc3c(-c4cccc(-c5ccccc5)n4)cccc32)c(-c2ccccc2)c1. The maximum Gasteiger partial charge on any atom is 0.149 e. The van der Waals surface area contributed by atoms with Crippen molar-refractivity contribution in [2.45, 2.75) is 33.1 Å². The zero-order valence-corrected chi connectivity index (χ0v) is 32.6. The molecular formula is C49H37N3OS2. The summed E-state index contributed by atoms with van der Waals surface area (Å²) < 4.78 is 5.64. The summed E-state index contributed by atoms with van der Waals surface area (Å²) in [5.41, 5.74) is 11.6. The van der Waals surface area contributed by atoms with Crippen molar-refractivity contribution < 1.29 is 5.11 Å². The van der Waals surface area contributed by atoms with E-state index in [1.807, 2.05) is 18.2 Å². The van der Waals surface area contributed by atoms with Crippen LogP contribution in [0.1, 0.15) is 31.9 Å². The van der Waals surface area contributed by atoms with E-state index in [4.69, 9.17) is 9.97 Å². The minimum atomic E-state index is -0.222. The second-order valence-electron chi connectivity index (χ2n) is 15.2. The molecule has 10 aromatic rings. The van der Waals surface area contributed by atoms with E-state index < -0.39 is 0 Å². The number of hydrogen-bond acceptors (Lipinski definition) is 5. The highest BCUT2D eigenvalue weighted by molar-refractivity contribution is 7.44. The van der Waals surface area contributed by atoms with Crippen LogP contribution in [0.2, 0.25) is 0 Å². The molecule has 0 spiro atoms. The average Bonchev–Trinajstić information content (AvgIpc) is 3.89. The zero-order valence-electron chi connectivity index (χ0n) is 31.0. The van der Waals surface area contributed by atoms with Crippen LogP contribution >= 0.6 is 22.7 Å². The number of rotatable bonds is 5. The Morgan fingerprint density at radius 3 is 2.09 bits per heavy atom. The van der Waals surface area contributed by atoms with Gasteiger partial charge in [-0.05, 0) is 65.9 Å². The number of para-hydroxylation sites is 1. The maximum absolute atomic E-state index is 12.6. The topological polar surface area (TPSA) is 50.9 Å². The predicted molar refractivity (Wildman–Crippen MR) is 234 cm³/mol. The van der Waals surface area contributed by atoms with Gasteiger partial charge < -0.3 is 5.11 Å². The second kappa shape index (κ2) is 12.8. The van der Waals surface area contributed by atoms with Gasteiger partial charge in [0.05, 0.1) is 42.4 Å². The van der Waals surface area contributed by atoms with E-state index in [1.54, 1.807) is 22.7 Å². The van der Waals surface area contributed by atoms with Crippen molar-refractivity contribution in [3.05, 3.63) is 157 Å². The van der Waals surface area contributed by atoms with Crippen molar-refractivity contribution in [3.8, 4) is 56.5 Å². The van der Waals surface area contributed by atoms with Gasteiger partial charge >= 0.3 is 0 Å². The minimum Gasteiger partial charge on any atom is -0.506 e. The number of aryl methyl sites for hydroxylation is 1. The van der Waals surface area contributed by atoms with E-state index in [0.717, 1.165) is 60.4 Å². The summed E-state index contributed by atoms with van der Waals surface area (Å²) in [7, 11) is 0. The maximum atomic E-state index is 12.6. The lowest BCUT2D eigenvalue weighted by atomic mass is 9.82. The van der Waals surface area contributed by atoms with Gasteiger partial charge in [0.1, 0.15) is 11.6 Å². The molecule has 0 aliphatic rings. The van der Waals surface area contributed by atoms with Crippen molar-refractivity contribution in [1.29, 1.82) is 0 Å². The third-order valence-electron chi connectivity index (χ3n) is 10.6. The minimum absolute atomic E-state index is 0.222. The van der Waals surface area contributed by atoms with Gasteiger partial charge in [0.25, 0.3) is 0 Å². The Kier molecular flexibility index (Phi) is 7.77. The molecule has 4 aromatic heterocycles. The number of benzene rings is 6. The van der Waals surface area contributed by atoms with Crippen molar-refractivity contribution in [2.75, 3.05) is 0 Å². The van der Waals surface area contributed by atoms with E-state index in [-0.39, 0.29) is 11.2 Å². The largest absolute Gasteiger partial charge is 0.506 e. The first kappa shape index (κ1) is 33.5. The lowest BCUT2D eigenvalue weighted by Gasteiger charge is -2.23. The summed E-state index contributed by atoms with van der Waals surface area (Å²) in [5.74, 6) is 0.949. The average molecular weight is 748 g/mol. The zero-order chi connectivity index (χ0) is 37.4. The first-order valence-electron chi connectivity index (χ1n) is 18.6. The van der Waals surface area contributed by atoms with E-state index in [9.17, 15) is 5.11 Å². The Morgan fingerprint density at radius 2 is 1.31 bits per heavy atom. The highest BCUT2D eigenvalue weighted by Crippen LogP contribution is 2.53. The first-order valence-corrected chi connectivity index (χ1v) is 20.2. The Balaban J connectivity index is 1.31. The fourth-order valence-electron chi connectivity index (χ4n) is 7.96. The molecule has 4 heterocycles. The molecule has 0 fully saturated rings. The number of aromatic nitrogens is 3. The Labute approximate surface area is 327 Å². The van der Waals surface area contributed by atoms with Crippen LogP contribution < -0.4 is 0 Å². The number of thiophene rings is 2. The standard InChI is InChI=1S/C49H37N3OS2/c1-29-25-26-39(34(27-29)30-15-7-5-8-16-30)52-40-23-13-20-32(38-22-14-21-37(50-38)31-17-9-6-10-18-31)44(40)51-47(52)35-28-36(49(2,3)4)43-42-33-19-11-12-24-41(33)54-48(42)55-46(43)45(35)53/h5-28,53H,1-4H3. The molecule has 0 saturated carbocycles. The molecule has 10 rings (SSSR count). The van der Waals surface area contributed by atoms with Gasteiger partial charge in [0.15, 0.2) is 0 Å². The molecule has 0 unspecified atom stereocenters. The lowest BCUT2D eigenvalue weighted by molar-refractivity contribution is 0.483. The Hall–Kier alpha value is -6.08. The van der Waals surface area contributed by atoms with Gasteiger partial charge in [-0.25, -0.2) is 9.97 Å². The highest BCUT2D eigenvalue weighted by atomic mass is 32.2. The van der Waals surface area contributed by atoms with Gasteiger partial charge in [-0.2, -0.15) is 0 Å². The molecule has 266 valence electrons. The van der Waals surface area contributed by atoms with Crippen molar-refractivity contribution >= 4 is 63.3 Å². The van der Waals surface area contributed by atoms with Crippen LogP contribution in [-0.2, 0) is 5.41 Å². The number of fused-ring (bicyclic) bond motifs is 6. The Bertz CT molecular complexity index is 3090. The molecule has 6 heteroatoms. The summed E-state index contributed by atoms with van der Waals surface area (Å²) in [5, 5.41) is 16.2. The molecule has 0 amide bonds. The van der Waals surface area contributed by atoms with Gasteiger partial charge in [0, 0.05) is 37.5 Å². The number of imidazole rings is 1. The Morgan fingerprint density at radius 1 is 0.600 bits per heavy atom. The van der Waals surface area contributed by atoms with Gasteiger partial charge in [-0.3, -0.25) is 4.57 Å². The van der Waals surface area contributed by atoms with Crippen LogP contribution in [0.15, 0.2) is 146 Å². The molecule has 55 heavy (non-hydrogen) atoms. The van der Waals surface area contributed by atoms with Gasteiger partial charge in [-0.15, -0.1) is 22.7 Å². The molecule has 0 atom stereocenters. The van der Waals surface area contributed by atoms with Crippen molar-refractivity contribution in [1.82, 2.24) is 14.5 Å². The molecule has 6 aromatic carbocycles. The smallest absolute Gasteiger partial charge is 0.149 e. The quantitative estimate of drug-likeness (QED) is 0.191. The van der Waals surface area contributed by atoms with Crippen LogP contribution in [-0.4, -0.2) is 19.6 Å². The molecular weight excluding hydrogens is 711 g/mol. The van der Waals surface area contributed by atoms with E-state index in [2.05, 4.69) is 160 Å². The van der Waals surface area contributed by atoms with Crippen LogP contribution in [0.25, 0.3) is 91.3 Å². The third kappa shape index (κ3) is 5.47. The third-order valence-corrected chi connectivity index (χ3v) is 13.0. The highest BCUT2D eigenvalue weighted by Gasteiger charge is 2.29. The van der Waals surface area contributed by atoms with Crippen LogP contribution in [0.5, 0.6) is 5.75 Å². The molecule has 0 radical (unpaired) electrons. The molecule has 0 aliphatic heterocycles. The normalized spacial score (nSPS) is 12.1. The number of pyridine rings is 1. The summed E-state index contributed by atoms with van der Waals surface area (Å²) >= 11 is 3.49. The predicted octanol–water partition coefficient (Wildman–Crippen LogP) is 14.0. The number of hydrogen-bond donors (Lipinski definition) is 1. The number of nitrogens with zero attached hydrogens (tertiary/aromatic N) is 3. The number of phenolic OH excluding ortho intramolecular Hbond substituents is 1. The molecule has 0 saturated heterocycles. The summed E-state index contributed by atoms with van der Waals surface area (Å²) in [6.45, 7) is 8.93. The summed E-state index contributed by atoms with van der Waals surface area (Å²) in [4.78, 5) is 10.7. The summed E-state index contributed by atoms with van der Waals surface area (Å²) in [6.07, 6.45) is 0. The van der Waals surface area contributed by atoms with E-state index in [1.165, 1.54) is 30.6 Å². The van der Waals surface area contributed by atoms with Crippen LogP contribution in [0.4, 0.5) is 0 Å². The molecule has 0 aliphatic carbocycles. The van der Waals surface area contributed by atoms with E-state index >= 15 is 0 Å².